The van der Waals surface area contributed by atoms with Crippen LogP contribution < -0.4 is 0 Å². The van der Waals surface area contributed by atoms with Crippen molar-refractivity contribution in [2.24, 2.45) is 0 Å². The molecule has 0 unspecified atom stereocenters. The first-order chi connectivity index (χ1) is 12.5. The van der Waals surface area contributed by atoms with Gasteiger partial charge in [-0.3, -0.25) is 0 Å². The first-order valence-electron chi connectivity index (χ1n) is 9.69. The van der Waals surface area contributed by atoms with Gasteiger partial charge in [-0.05, 0) is 73.1 Å². The van der Waals surface area contributed by atoms with Gasteiger partial charge < -0.3 is 5.11 Å². The molecule has 0 aliphatic heterocycles. The topological polar surface area (TPSA) is 20.2 Å². The quantitative estimate of drug-likeness (QED) is 0.479. The van der Waals surface area contributed by atoms with Gasteiger partial charge in [-0.25, -0.2) is 8.78 Å². The Balaban J connectivity index is 2.04. The summed E-state index contributed by atoms with van der Waals surface area (Å²) < 4.78 is 27.4. The Bertz CT molecular complexity index is 689. The van der Waals surface area contributed by atoms with Crippen LogP contribution in [0.5, 0.6) is 0 Å². The van der Waals surface area contributed by atoms with Crippen molar-refractivity contribution < 1.29 is 13.9 Å². The third kappa shape index (κ3) is 5.91. The molecule has 1 N–H and O–H groups in total. The molecule has 0 radical (unpaired) electrons. The molecule has 0 atom stereocenters. The van der Waals surface area contributed by atoms with Crippen LogP contribution in [0, 0.1) is 25.5 Å². The first kappa shape index (κ1) is 20.6. The van der Waals surface area contributed by atoms with E-state index in [0.717, 1.165) is 54.9 Å². The molecule has 0 fully saturated rings. The fourth-order valence-electron chi connectivity index (χ4n) is 3.49. The molecule has 3 heteroatoms. The lowest BCUT2D eigenvalue weighted by atomic mass is 9.89. The van der Waals surface area contributed by atoms with Crippen molar-refractivity contribution in [2.75, 3.05) is 6.61 Å². The maximum absolute atomic E-state index is 13.7. The van der Waals surface area contributed by atoms with Crippen LogP contribution in [0.25, 0.3) is 11.1 Å². The van der Waals surface area contributed by atoms with E-state index in [9.17, 15) is 8.78 Å². The molecule has 2 aromatic rings. The van der Waals surface area contributed by atoms with Crippen molar-refractivity contribution >= 4 is 0 Å². The van der Waals surface area contributed by atoms with Crippen LogP contribution >= 0.6 is 0 Å². The monoisotopic (exact) mass is 360 g/mol. The molecule has 0 aliphatic rings. The molecule has 0 heterocycles. The number of aliphatic hydroxyl groups excluding tert-OH is 1. The van der Waals surface area contributed by atoms with Crippen LogP contribution in [-0.2, 0) is 6.42 Å². The summed E-state index contributed by atoms with van der Waals surface area (Å²) in [6, 6.07) is 7.97. The molecule has 0 bridgehead atoms. The predicted octanol–water partition coefficient (Wildman–Crippen LogP) is 6.51. The standard InChI is InChI=1S/C23H30F2O/c1-17-11-12-19(10-8-6-4-3-5-7-9-13-26)23(18(17)2)20-14-21(24)16-22(25)15-20/h11-12,14-16,26H,3-10,13H2,1-2H3. The minimum Gasteiger partial charge on any atom is -0.396 e. The zero-order valence-corrected chi connectivity index (χ0v) is 16.0. The van der Waals surface area contributed by atoms with Crippen LogP contribution in [0.2, 0.25) is 0 Å². The second-order valence-corrected chi connectivity index (χ2v) is 7.15. The molecule has 2 aromatic carbocycles. The van der Waals surface area contributed by atoms with Gasteiger partial charge >= 0.3 is 0 Å². The molecular formula is C23H30F2O. The van der Waals surface area contributed by atoms with Gasteiger partial charge in [0.2, 0.25) is 0 Å². The second kappa shape index (κ2) is 10.4. The van der Waals surface area contributed by atoms with Gasteiger partial charge in [-0.15, -0.1) is 0 Å². The largest absolute Gasteiger partial charge is 0.396 e. The number of hydrogen-bond acceptors (Lipinski definition) is 1. The third-order valence-corrected chi connectivity index (χ3v) is 5.08. The number of aryl methyl sites for hydroxylation is 2. The van der Waals surface area contributed by atoms with E-state index >= 15 is 0 Å². The van der Waals surface area contributed by atoms with Gasteiger partial charge in [0.05, 0.1) is 0 Å². The minimum absolute atomic E-state index is 0.288. The fourth-order valence-corrected chi connectivity index (χ4v) is 3.49. The highest BCUT2D eigenvalue weighted by Crippen LogP contribution is 2.32. The van der Waals surface area contributed by atoms with Crippen molar-refractivity contribution in [2.45, 2.75) is 65.2 Å². The SMILES string of the molecule is Cc1ccc(CCCCCCCCCO)c(-c2cc(F)cc(F)c2)c1C. The third-order valence-electron chi connectivity index (χ3n) is 5.08. The predicted molar refractivity (Wildman–Crippen MR) is 104 cm³/mol. The highest BCUT2D eigenvalue weighted by atomic mass is 19.1. The highest BCUT2D eigenvalue weighted by molar-refractivity contribution is 5.72. The summed E-state index contributed by atoms with van der Waals surface area (Å²) in [6.45, 7) is 4.35. The van der Waals surface area contributed by atoms with Crippen molar-refractivity contribution in [3.05, 3.63) is 58.7 Å². The lowest BCUT2D eigenvalue weighted by Gasteiger charge is -2.16. The number of rotatable bonds is 10. The van der Waals surface area contributed by atoms with E-state index in [0.29, 0.717) is 5.56 Å². The van der Waals surface area contributed by atoms with Gasteiger partial charge in [0.15, 0.2) is 0 Å². The molecule has 1 nitrogen and oxygen atoms in total. The minimum atomic E-state index is -0.533. The zero-order valence-electron chi connectivity index (χ0n) is 16.0. The van der Waals surface area contributed by atoms with Gasteiger partial charge in [0.25, 0.3) is 0 Å². The van der Waals surface area contributed by atoms with Crippen LogP contribution in [0.15, 0.2) is 30.3 Å². The first-order valence-corrected chi connectivity index (χ1v) is 9.69. The van der Waals surface area contributed by atoms with Gasteiger partial charge in [-0.1, -0.05) is 44.2 Å². The van der Waals surface area contributed by atoms with Gasteiger partial charge in [-0.2, -0.15) is 0 Å². The van der Waals surface area contributed by atoms with E-state index in [2.05, 4.69) is 12.1 Å². The van der Waals surface area contributed by atoms with Crippen LogP contribution in [-0.4, -0.2) is 11.7 Å². The van der Waals surface area contributed by atoms with Crippen LogP contribution in [0.1, 0.15) is 61.6 Å². The van der Waals surface area contributed by atoms with E-state index in [-0.39, 0.29) is 6.61 Å². The summed E-state index contributed by atoms with van der Waals surface area (Å²) >= 11 is 0. The Kier molecular flexibility index (Phi) is 8.24. The Labute approximate surface area is 156 Å². The maximum Gasteiger partial charge on any atom is 0.126 e. The Morgan fingerprint density at radius 3 is 1.96 bits per heavy atom. The number of aliphatic hydroxyl groups is 1. The average molecular weight is 360 g/mol. The molecule has 0 saturated carbocycles. The lowest BCUT2D eigenvalue weighted by Crippen LogP contribution is -1.97. The van der Waals surface area contributed by atoms with E-state index in [1.54, 1.807) is 0 Å². The van der Waals surface area contributed by atoms with Crippen molar-refractivity contribution in [1.82, 2.24) is 0 Å². The summed E-state index contributed by atoms with van der Waals surface area (Å²) in [5.74, 6) is -1.07. The smallest absolute Gasteiger partial charge is 0.126 e. The molecule has 0 amide bonds. The normalized spacial score (nSPS) is 11.1. The van der Waals surface area contributed by atoms with Crippen molar-refractivity contribution in [3.63, 3.8) is 0 Å². The van der Waals surface area contributed by atoms with Crippen LogP contribution in [0.3, 0.4) is 0 Å². The number of benzene rings is 2. The number of halogens is 2. The molecular weight excluding hydrogens is 330 g/mol. The zero-order chi connectivity index (χ0) is 18.9. The summed E-state index contributed by atoms with van der Waals surface area (Å²) in [5.41, 5.74) is 5.00. The summed E-state index contributed by atoms with van der Waals surface area (Å²) in [7, 11) is 0. The maximum atomic E-state index is 13.7. The molecule has 0 aromatic heterocycles. The van der Waals surface area contributed by atoms with Crippen molar-refractivity contribution in [3.8, 4) is 11.1 Å². The Morgan fingerprint density at radius 1 is 0.769 bits per heavy atom. The summed E-state index contributed by atoms with van der Waals surface area (Å²) in [4.78, 5) is 0. The van der Waals surface area contributed by atoms with E-state index in [1.807, 2.05) is 13.8 Å². The van der Waals surface area contributed by atoms with E-state index in [4.69, 9.17) is 5.11 Å². The molecule has 142 valence electrons. The van der Waals surface area contributed by atoms with Crippen molar-refractivity contribution in [1.29, 1.82) is 0 Å². The lowest BCUT2D eigenvalue weighted by molar-refractivity contribution is 0.282. The van der Waals surface area contributed by atoms with E-state index < -0.39 is 11.6 Å². The molecule has 0 spiro atoms. The van der Waals surface area contributed by atoms with Gasteiger partial charge in [0.1, 0.15) is 11.6 Å². The number of hydrogen-bond donors (Lipinski definition) is 1. The summed E-state index contributed by atoms with van der Waals surface area (Å²) in [6.07, 6.45) is 8.73. The molecule has 2 rings (SSSR count). The highest BCUT2D eigenvalue weighted by Gasteiger charge is 2.12. The Hall–Kier alpha value is -1.74. The molecule has 0 aliphatic carbocycles. The van der Waals surface area contributed by atoms with Crippen LogP contribution in [0.4, 0.5) is 8.78 Å². The van der Waals surface area contributed by atoms with Gasteiger partial charge in [0, 0.05) is 12.7 Å². The fraction of sp³-hybridized carbons (Fsp3) is 0.478. The van der Waals surface area contributed by atoms with E-state index in [1.165, 1.54) is 37.0 Å². The second-order valence-electron chi connectivity index (χ2n) is 7.15. The summed E-state index contributed by atoms with van der Waals surface area (Å²) in [5, 5.41) is 8.78. The molecule has 0 saturated heterocycles. The molecule has 26 heavy (non-hydrogen) atoms. The average Bonchev–Trinajstić information content (AvgIpc) is 2.59. The number of unbranched alkanes of at least 4 members (excludes halogenated alkanes) is 6. The Morgan fingerprint density at radius 2 is 1.35 bits per heavy atom.